The van der Waals surface area contributed by atoms with Crippen molar-refractivity contribution in [3.05, 3.63) is 0 Å². The molecule has 0 saturated heterocycles. The lowest BCUT2D eigenvalue weighted by Gasteiger charge is -2.11. The van der Waals surface area contributed by atoms with Crippen molar-refractivity contribution in [1.82, 2.24) is 5.32 Å². The highest BCUT2D eigenvalue weighted by molar-refractivity contribution is 5.78. The van der Waals surface area contributed by atoms with Crippen LogP contribution in [0.25, 0.3) is 0 Å². The van der Waals surface area contributed by atoms with Crippen LogP contribution in [0.5, 0.6) is 0 Å². The molecule has 16 heavy (non-hydrogen) atoms. The van der Waals surface area contributed by atoms with E-state index in [1.54, 1.807) is 0 Å². The minimum atomic E-state index is 0.193. The summed E-state index contributed by atoms with van der Waals surface area (Å²) in [6, 6.07) is 0. The largest absolute Gasteiger partial charge is 0.356 e. The summed E-state index contributed by atoms with van der Waals surface area (Å²) >= 11 is 0. The number of carbonyl (C=O) groups excluding carboxylic acids is 1. The fourth-order valence-electron chi connectivity index (χ4n) is 1.77. The zero-order valence-corrected chi connectivity index (χ0v) is 11.3. The van der Waals surface area contributed by atoms with E-state index in [1.165, 1.54) is 38.5 Å². The Hall–Kier alpha value is -0.530. The van der Waals surface area contributed by atoms with Crippen LogP contribution < -0.4 is 5.32 Å². The van der Waals surface area contributed by atoms with Crippen LogP contribution >= 0.6 is 0 Å². The van der Waals surface area contributed by atoms with Crippen LogP contribution in [0, 0.1) is 5.92 Å². The van der Waals surface area contributed by atoms with Crippen LogP contribution in [0.15, 0.2) is 0 Å². The molecule has 0 aromatic carbocycles. The zero-order chi connectivity index (χ0) is 12.2. The topological polar surface area (TPSA) is 29.1 Å². The number of nitrogens with one attached hydrogen (secondary N) is 1. The van der Waals surface area contributed by atoms with E-state index < -0.39 is 0 Å². The van der Waals surface area contributed by atoms with Crippen molar-refractivity contribution in [3.63, 3.8) is 0 Å². The van der Waals surface area contributed by atoms with Gasteiger partial charge in [0, 0.05) is 12.5 Å². The molecule has 0 radical (unpaired) electrons. The Morgan fingerprint density at radius 1 is 1.00 bits per heavy atom. The molecule has 0 aliphatic carbocycles. The third-order valence-corrected chi connectivity index (χ3v) is 3.02. The first kappa shape index (κ1) is 15.5. The van der Waals surface area contributed by atoms with Crippen LogP contribution in [0.4, 0.5) is 0 Å². The quantitative estimate of drug-likeness (QED) is 0.563. The number of amides is 1. The predicted octanol–water partition coefficient (Wildman–Crippen LogP) is 3.90. The first-order valence-corrected chi connectivity index (χ1v) is 7.00. The summed E-state index contributed by atoms with van der Waals surface area (Å²) in [6.45, 7) is 7.29. The SMILES string of the molecule is CCCCCCC(C)C(=O)NCCCCC. The number of unbranched alkanes of at least 4 members (excludes halogenated alkanes) is 5. The van der Waals surface area contributed by atoms with Crippen LogP contribution in [0.3, 0.4) is 0 Å². The molecule has 1 unspecified atom stereocenters. The Labute approximate surface area is 101 Å². The molecule has 0 heterocycles. The van der Waals surface area contributed by atoms with Gasteiger partial charge in [-0.1, -0.05) is 59.3 Å². The molecule has 0 aliphatic heterocycles. The van der Waals surface area contributed by atoms with E-state index in [1.807, 2.05) is 6.92 Å². The Kier molecular flexibility index (Phi) is 10.6. The maximum absolute atomic E-state index is 11.7. The van der Waals surface area contributed by atoms with Gasteiger partial charge in [0.15, 0.2) is 0 Å². The summed E-state index contributed by atoms with van der Waals surface area (Å²) in [7, 11) is 0. The van der Waals surface area contributed by atoms with Crippen molar-refractivity contribution >= 4 is 5.91 Å². The van der Waals surface area contributed by atoms with Gasteiger partial charge in [-0.3, -0.25) is 4.79 Å². The van der Waals surface area contributed by atoms with Gasteiger partial charge in [-0.2, -0.15) is 0 Å². The van der Waals surface area contributed by atoms with E-state index in [2.05, 4.69) is 19.2 Å². The Balaban J connectivity index is 3.42. The summed E-state index contributed by atoms with van der Waals surface area (Å²) in [5.74, 6) is 0.436. The molecule has 96 valence electrons. The van der Waals surface area contributed by atoms with E-state index in [0.717, 1.165) is 19.4 Å². The van der Waals surface area contributed by atoms with Crippen LogP contribution in [0.1, 0.15) is 72.1 Å². The van der Waals surface area contributed by atoms with Crippen LogP contribution in [-0.2, 0) is 4.79 Å². The van der Waals surface area contributed by atoms with E-state index in [0.29, 0.717) is 0 Å². The van der Waals surface area contributed by atoms with Gasteiger partial charge in [0.25, 0.3) is 0 Å². The van der Waals surface area contributed by atoms with Crippen molar-refractivity contribution in [3.8, 4) is 0 Å². The lowest BCUT2D eigenvalue weighted by atomic mass is 10.0. The molecule has 2 heteroatoms. The van der Waals surface area contributed by atoms with E-state index in [4.69, 9.17) is 0 Å². The molecule has 0 bridgehead atoms. The average Bonchev–Trinajstić information content (AvgIpc) is 2.29. The molecular weight excluding hydrogens is 198 g/mol. The van der Waals surface area contributed by atoms with Gasteiger partial charge in [-0.05, 0) is 12.8 Å². The fourth-order valence-corrected chi connectivity index (χ4v) is 1.77. The number of carbonyl (C=O) groups is 1. The summed E-state index contributed by atoms with van der Waals surface area (Å²) < 4.78 is 0. The van der Waals surface area contributed by atoms with Crippen molar-refractivity contribution in [2.45, 2.75) is 72.1 Å². The predicted molar refractivity (Wildman–Crippen MR) is 70.5 cm³/mol. The summed E-state index contributed by atoms with van der Waals surface area (Å²) in [5, 5.41) is 3.02. The van der Waals surface area contributed by atoms with Crippen molar-refractivity contribution in [2.24, 2.45) is 5.92 Å². The lowest BCUT2D eigenvalue weighted by molar-refractivity contribution is -0.124. The minimum absolute atomic E-state index is 0.193. The zero-order valence-electron chi connectivity index (χ0n) is 11.3. The van der Waals surface area contributed by atoms with Gasteiger partial charge in [0.2, 0.25) is 5.91 Å². The Bertz CT molecular complexity index is 168. The van der Waals surface area contributed by atoms with Crippen molar-refractivity contribution in [1.29, 1.82) is 0 Å². The van der Waals surface area contributed by atoms with Crippen LogP contribution in [0.2, 0.25) is 0 Å². The second kappa shape index (κ2) is 11.0. The molecule has 2 nitrogen and oxygen atoms in total. The highest BCUT2D eigenvalue weighted by Gasteiger charge is 2.10. The third kappa shape index (κ3) is 8.75. The molecular formula is C14H29NO. The molecule has 0 spiro atoms. The van der Waals surface area contributed by atoms with Crippen LogP contribution in [-0.4, -0.2) is 12.5 Å². The highest BCUT2D eigenvalue weighted by Crippen LogP contribution is 2.10. The van der Waals surface area contributed by atoms with Gasteiger partial charge >= 0.3 is 0 Å². The Morgan fingerprint density at radius 2 is 1.62 bits per heavy atom. The second-order valence-corrected chi connectivity index (χ2v) is 4.75. The molecule has 1 amide bonds. The first-order valence-electron chi connectivity index (χ1n) is 7.00. The molecule has 0 rings (SSSR count). The Morgan fingerprint density at radius 3 is 2.25 bits per heavy atom. The van der Waals surface area contributed by atoms with Gasteiger partial charge < -0.3 is 5.32 Å². The molecule has 0 aliphatic rings. The van der Waals surface area contributed by atoms with E-state index in [-0.39, 0.29) is 11.8 Å². The monoisotopic (exact) mass is 227 g/mol. The van der Waals surface area contributed by atoms with Gasteiger partial charge in [-0.25, -0.2) is 0 Å². The maximum atomic E-state index is 11.7. The molecule has 0 aromatic rings. The molecule has 0 saturated carbocycles. The highest BCUT2D eigenvalue weighted by atomic mass is 16.1. The number of hydrogen-bond acceptors (Lipinski definition) is 1. The van der Waals surface area contributed by atoms with Gasteiger partial charge in [0.1, 0.15) is 0 Å². The van der Waals surface area contributed by atoms with Gasteiger partial charge in [-0.15, -0.1) is 0 Å². The maximum Gasteiger partial charge on any atom is 0.222 e. The fraction of sp³-hybridized carbons (Fsp3) is 0.929. The summed E-state index contributed by atoms with van der Waals surface area (Å²) in [4.78, 5) is 11.7. The molecule has 0 fully saturated rings. The van der Waals surface area contributed by atoms with Gasteiger partial charge in [0.05, 0.1) is 0 Å². The molecule has 1 N–H and O–H groups in total. The standard InChI is InChI=1S/C14H29NO/c1-4-6-8-9-11-13(3)14(16)15-12-10-7-5-2/h13H,4-12H2,1-3H3,(H,15,16). The number of rotatable bonds is 10. The normalized spacial score (nSPS) is 12.4. The summed E-state index contributed by atoms with van der Waals surface area (Å²) in [5.41, 5.74) is 0. The second-order valence-electron chi connectivity index (χ2n) is 4.75. The average molecular weight is 227 g/mol. The van der Waals surface area contributed by atoms with Crippen molar-refractivity contribution < 1.29 is 4.79 Å². The third-order valence-electron chi connectivity index (χ3n) is 3.02. The summed E-state index contributed by atoms with van der Waals surface area (Å²) in [6.07, 6.45) is 9.60. The smallest absolute Gasteiger partial charge is 0.222 e. The molecule has 1 atom stereocenters. The lowest BCUT2D eigenvalue weighted by Crippen LogP contribution is -2.29. The number of hydrogen-bond donors (Lipinski definition) is 1. The first-order chi connectivity index (χ1) is 7.72. The minimum Gasteiger partial charge on any atom is -0.356 e. The van der Waals surface area contributed by atoms with E-state index in [9.17, 15) is 4.79 Å². The van der Waals surface area contributed by atoms with E-state index >= 15 is 0 Å². The molecule has 0 aromatic heterocycles. The van der Waals surface area contributed by atoms with Crippen molar-refractivity contribution in [2.75, 3.05) is 6.54 Å².